The number of piperidine rings is 1. The van der Waals surface area contributed by atoms with Crippen molar-refractivity contribution in [3.63, 3.8) is 0 Å². The quantitative estimate of drug-likeness (QED) is 0.258. The second kappa shape index (κ2) is 12.0. The van der Waals surface area contributed by atoms with Gasteiger partial charge in [-0.25, -0.2) is 35.6 Å². The van der Waals surface area contributed by atoms with Gasteiger partial charge in [0, 0.05) is 25.3 Å². The normalized spacial score (nSPS) is 19.2. The van der Waals surface area contributed by atoms with Crippen molar-refractivity contribution in [2.75, 3.05) is 32.4 Å². The van der Waals surface area contributed by atoms with E-state index in [4.69, 9.17) is 0 Å². The Labute approximate surface area is 258 Å². The molecule has 0 unspecified atom stereocenters. The number of aromatic nitrogens is 3. The van der Waals surface area contributed by atoms with Gasteiger partial charge >= 0.3 is 0 Å². The molecule has 8 nitrogen and oxygen atoms in total. The van der Waals surface area contributed by atoms with E-state index in [1.807, 2.05) is 0 Å². The van der Waals surface area contributed by atoms with Crippen LogP contribution < -0.4 is 0 Å². The average Bonchev–Trinajstić information content (AvgIpc) is 3.59. The molecule has 4 heterocycles. The molecular weight excluding hydrogens is 610 g/mol. The number of likely N-dealkylation sites (tertiary alicyclic amines) is 2. The SMILES string of the molecule is CS(=O)(=O)c1ccc(CN2CCC(c3c(C(=O)N4C[C@@H](c5ccc(F)cc5)C(F)(F)C4)cnn3-c3ccc(F)cn3)CC2)cc1. The monoisotopic (exact) mass is 641 g/mol. The van der Waals surface area contributed by atoms with E-state index in [0.717, 1.165) is 35.0 Å². The van der Waals surface area contributed by atoms with Crippen LogP contribution in [0.4, 0.5) is 17.6 Å². The van der Waals surface area contributed by atoms with Gasteiger partial charge in [-0.3, -0.25) is 9.69 Å². The van der Waals surface area contributed by atoms with Crippen molar-refractivity contribution in [2.45, 2.75) is 42.0 Å². The van der Waals surface area contributed by atoms with Crippen LogP contribution in [0.25, 0.3) is 5.82 Å². The Morgan fingerprint density at radius 1 is 0.933 bits per heavy atom. The van der Waals surface area contributed by atoms with E-state index in [1.54, 1.807) is 24.3 Å². The fourth-order valence-electron chi connectivity index (χ4n) is 6.21. The lowest BCUT2D eigenvalue weighted by atomic mass is 9.90. The Bertz CT molecular complexity index is 1790. The average molecular weight is 642 g/mol. The molecule has 0 bridgehead atoms. The maximum atomic E-state index is 15.2. The molecule has 2 fully saturated rings. The van der Waals surface area contributed by atoms with E-state index in [2.05, 4.69) is 15.0 Å². The predicted molar refractivity (Wildman–Crippen MR) is 158 cm³/mol. The lowest BCUT2D eigenvalue weighted by Crippen LogP contribution is -2.35. The number of hydrogen-bond donors (Lipinski definition) is 0. The Hall–Kier alpha value is -4.10. The highest BCUT2D eigenvalue weighted by atomic mass is 32.2. The first-order valence-electron chi connectivity index (χ1n) is 14.5. The van der Waals surface area contributed by atoms with E-state index in [0.29, 0.717) is 44.0 Å². The number of hydrogen-bond acceptors (Lipinski definition) is 6. The summed E-state index contributed by atoms with van der Waals surface area (Å²) in [4.78, 5) is 21.6. The lowest BCUT2D eigenvalue weighted by Gasteiger charge is -2.33. The highest BCUT2D eigenvalue weighted by Crippen LogP contribution is 2.42. The number of carbonyl (C=O) groups excluding carboxylic acids is 1. The molecule has 0 radical (unpaired) electrons. The minimum Gasteiger partial charge on any atom is -0.332 e. The largest absolute Gasteiger partial charge is 0.332 e. The smallest absolute Gasteiger partial charge is 0.273 e. The molecule has 45 heavy (non-hydrogen) atoms. The first-order valence-corrected chi connectivity index (χ1v) is 16.4. The van der Waals surface area contributed by atoms with Crippen LogP contribution >= 0.6 is 0 Å². The Kier molecular flexibility index (Phi) is 8.25. The zero-order valence-corrected chi connectivity index (χ0v) is 25.2. The van der Waals surface area contributed by atoms with Crippen molar-refractivity contribution >= 4 is 15.7 Å². The third-order valence-electron chi connectivity index (χ3n) is 8.57. The number of benzene rings is 2. The number of carbonyl (C=O) groups is 1. The molecule has 2 aliphatic rings. The van der Waals surface area contributed by atoms with Crippen molar-refractivity contribution in [1.29, 1.82) is 0 Å². The van der Waals surface area contributed by atoms with Gasteiger partial charge in [0.05, 0.1) is 41.0 Å². The summed E-state index contributed by atoms with van der Waals surface area (Å²) < 4.78 is 82.6. The van der Waals surface area contributed by atoms with E-state index in [-0.39, 0.29) is 28.5 Å². The van der Waals surface area contributed by atoms with Crippen molar-refractivity contribution in [1.82, 2.24) is 24.6 Å². The molecular formula is C32H31F4N5O3S. The fraction of sp³-hybridized carbons (Fsp3) is 0.344. The maximum Gasteiger partial charge on any atom is 0.273 e. The summed E-state index contributed by atoms with van der Waals surface area (Å²) in [6.45, 7) is 0.886. The first kappa shape index (κ1) is 30.9. The number of sulfone groups is 1. The second-order valence-corrected chi connectivity index (χ2v) is 13.7. The van der Waals surface area contributed by atoms with Crippen LogP contribution in [0.5, 0.6) is 0 Å². The molecule has 2 saturated heterocycles. The molecule has 2 aromatic heterocycles. The van der Waals surface area contributed by atoms with E-state index >= 15 is 8.78 Å². The third kappa shape index (κ3) is 6.50. The van der Waals surface area contributed by atoms with Crippen LogP contribution in [0.2, 0.25) is 0 Å². The summed E-state index contributed by atoms with van der Waals surface area (Å²) in [6.07, 6.45) is 4.83. The number of halogens is 4. The minimum absolute atomic E-state index is 0.168. The third-order valence-corrected chi connectivity index (χ3v) is 9.70. The molecule has 236 valence electrons. The molecule has 2 aliphatic heterocycles. The van der Waals surface area contributed by atoms with Gasteiger partial charge in [0.1, 0.15) is 11.6 Å². The van der Waals surface area contributed by atoms with Crippen LogP contribution in [-0.4, -0.2) is 77.2 Å². The summed E-state index contributed by atoms with van der Waals surface area (Å²) in [5, 5.41) is 4.41. The van der Waals surface area contributed by atoms with Gasteiger partial charge in [-0.15, -0.1) is 0 Å². The number of alkyl halides is 2. The van der Waals surface area contributed by atoms with Crippen molar-refractivity contribution in [3.05, 3.63) is 107 Å². The summed E-state index contributed by atoms with van der Waals surface area (Å²) in [5.41, 5.74) is 1.93. The van der Waals surface area contributed by atoms with E-state index < -0.39 is 45.8 Å². The van der Waals surface area contributed by atoms with E-state index in [9.17, 15) is 22.0 Å². The molecule has 13 heteroatoms. The van der Waals surface area contributed by atoms with Crippen molar-refractivity contribution in [2.24, 2.45) is 0 Å². The summed E-state index contributed by atoms with van der Waals surface area (Å²) >= 11 is 0. The van der Waals surface area contributed by atoms with Crippen LogP contribution in [0, 0.1) is 11.6 Å². The molecule has 0 N–H and O–H groups in total. The number of amides is 1. The Morgan fingerprint density at radius 2 is 1.60 bits per heavy atom. The molecule has 0 spiro atoms. The predicted octanol–water partition coefficient (Wildman–Crippen LogP) is 5.20. The first-order chi connectivity index (χ1) is 21.4. The van der Waals surface area contributed by atoms with Gasteiger partial charge in [0.2, 0.25) is 0 Å². The van der Waals surface area contributed by atoms with E-state index in [1.165, 1.54) is 35.1 Å². The summed E-state index contributed by atoms with van der Waals surface area (Å²) in [7, 11) is -3.29. The number of rotatable bonds is 7. The molecule has 2 aromatic carbocycles. The highest BCUT2D eigenvalue weighted by Gasteiger charge is 2.50. The van der Waals surface area contributed by atoms with Crippen LogP contribution in [0.3, 0.4) is 0 Å². The van der Waals surface area contributed by atoms with Gasteiger partial charge in [-0.05, 0) is 73.5 Å². The topological polar surface area (TPSA) is 88.4 Å². The van der Waals surface area contributed by atoms with Gasteiger partial charge in [-0.2, -0.15) is 5.10 Å². The maximum absolute atomic E-state index is 15.2. The van der Waals surface area contributed by atoms with Gasteiger partial charge in [-0.1, -0.05) is 24.3 Å². The van der Waals surface area contributed by atoms with Crippen LogP contribution in [0.1, 0.15) is 51.9 Å². The molecule has 6 rings (SSSR count). The van der Waals surface area contributed by atoms with Gasteiger partial charge in [0.15, 0.2) is 15.7 Å². The molecule has 1 atom stereocenters. The number of pyridine rings is 1. The summed E-state index contributed by atoms with van der Waals surface area (Å²) in [6, 6.07) is 14.3. The molecule has 1 amide bonds. The summed E-state index contributed by atoms with van der Waals surface area (Å²) in [5.74, 6) is -6.02. The van der Waals surface area contributed by atoms with Crippen molar-refractivity contribution < 1.29 is 30.8 Å². The fourth-order valence-corrected chi connectivity index (χ4v) is 6.84. The zero-order chi connectivity index (χ0) is 31.9. The zero-order valence-electron chi connectivity index (χ0n) is 24.4. The second-order valence-electron chi connectivity index (χ2n) is 11.7. The number of nitrogens with zero attached hydrogens (tertiary/aromatic N) is 5. The van der Waals surface area contributed by atoms with Crippen LogP contribution in [-0.2, 0) is 16.4 Å². The lowest BCUT2D eigenvalue weighted by molar-refractivity contribution is -0.00245. The molecule has 0 aliphatic carbocycles. The van der Waals surface area contributed by atoms with Gasteiger partial charge in [0.25, 0.3) is 11.8 Å². The van der Waals surface area contributed by atoms with Crippen molar-refractivity contribution in [3.8, 4) is 5.82 Å². The Balaban J connectivity index is 1.24. The van der Waals surface area contributed by atoms with Crippen LogP contribution in [0.15, 0.2) is 78.0 Å². The molecule has 4 aromatic rings. The van der Waals surface area contributed by atoms with Gasteiger partial charge < -0.3 is 4.90 Å². The highest BCUT2D eigenvalue weighted by molar-refractivity contribution is 7.90. The standard InChI is InChI=1S/C32H31F4N5O3S/c1-45(43,44)26-9-2-21(3-10-26)18-39-14-12-23(13-15-39)30-27(17-38-41(30)29-11-8-25(34)16-37-29)31(42)40-19-28(32(35,36)20-40)22-4-6-24(33)7-5-22/h2-11,16-17,23,28H,12-15,18-20H2,1H3/t28-/m0/s1. The Morgan fingerprint density at radius 3 is 2.22 bits per heavy atom. The molecule has 0 saturated carbocycles. The minimum atomic E-state index is -3.29.